The molecule has 0 unspecified atom stereocenters. The molecule has 0 spiro atoms. The lowest BCUT2D eigenvalue weighted by molar-refractivity contribution is -0.141. The molecule has 1 heterocycles. The molecule has 0 fully saturated rings. The Balaban J connectivity index is 1.81. The first-order chi connectivity index (χ1) is 12.1. The molecule has 1 aromatic heterocycles. The van der Waals surface area contributed by atoms with Gasteiger partial charge in [-0.3, -0.25) is 9.59 Å². The number of carbonyl (C=O) groups is 2. The van der Waals surface area contributed by atoms with Gasteiger partial charge in [0.15, 0.2) is 0 Å². The number of amides is 1. The fourth-order valence-corrected chi connectivity index (χ4v) is 2.34. The summed E-state index contributed by atoms with van der Waals surface area (Å²) in [6, 6.07) is 6.03. The van der Waals surface area contributed by atoms with Crippen molar-refractivity contribution in [3.8, 4) is 5.75 Å². The Labute approximate surface area is 145 Å². The van der Waals surface area contributed by atoms with E-state index < -0.39 is 12.0 Å². The molecule has 1 atom stereocenters. The second-order valence-corrected chi connectivity index (χ2v) is 5.45. The lowest BCUT2D eigenvalue weighted by Gasteiger charge is -2.15. The van der Waals surface area contributed by atoms with Crippen LogP contribution in [0.5, 0.6) is 5.75 Å². The van der Waals surface area contributed by atoms with Crippen LogP contribution < -0.4 is 15.4 Å². The van der Waals surface area contributed by atoms with E-state index >= 15 is 0 Å². The van der Waals surface area contributed by atoms with Gasteiger partial charge in [-0.05, 0) is 25.1 Å². The first-order valence-electron chi connectivity index (χ1n) is 7.95. The van der Waals surface area contributed by atoms with Gasteiger partial charge in [-0.2, -0.15) is 0 Å². The summed E-state index contributed by atoms with van der Waals surface area (Å²) in [7, 11) is 1.51. The highest BCUT2D eigenvalue weighted by atomic mass is 16.5. The van der Waals surface area contributed by atoms with E-state index in [2.05, 4.69) is 15.6 Å². The SMILES string of the molecule is COc1ccccc1NC(=O)C[C@@H](NCCCn1ccnc1)C(=O)O. The third kappa shape index (κ3) is 5.92. The minimum atomic E-state index is -1.06. The summed E-state index contributed by atoms with van der Waals surface area (Å²) in [5.74, 6) is -0.923. The summed E-state index contributed by atoms with van der Waals surface area (Å²) in [6.45, 7) is 1.21. The van der Waals surface area contributed by atoms with E-state index in [1.165, 1.54) is 7.11 Å². The normalized spacial score (nSPS) is 11.7. The van der Waals surface area contributed by atoms with E-state index in [0.717, 1.165) is 13.0 Å². The van der Waals surface area contributed by atoms with Crippen molar-refractivity contribution in [1.82, 2.24) is 14.9 Å². The lowest BCUT2D eigenvalue weighted by Crippen LogP contribution is -2.40. The second-order valence-electron chi connectivity index (χ2n) is 5.45. The summed E-state index contributed by atoms with van der Waals surface area (Å²) in [4.78, 5) is 27.4. The number of aromatic nitrogens is 2. The fourth-order valence-electron chi connectivity index (χ4n) is 2.34. The zero-order chi connectivity index (χ0) is 18.1. The number of benzene rings is 1. The van der Waals surface area contributed by atoms with Gasteiger partial charge in [-0.25, -0.2) is 4.98 Å². The molecule has 134 valence electrons. The highest BCUT2D eigenvalue weighted by molar-refractivity contribution is 5.95. The van der Waals surface area contributed by atoms with E-state index in [4.69, 9.17) is 4.74 Å². The number of anilines is 1. The standard InChI is InChI=1S/C17H22N4O4/c1-25-15-6-3-2-5-13(15)20-16(22)11-14(17(23)24)19-7-4-9-21-10-8-18-12-21/h2-3,5-6,8,10,12,14,19H,4,7,9,11H2,1H3,(H,20,22)(H,23,24)/t14-/m1/s1. The molecular formula is C17H22N4O4. The summed E-state index contributed by atoms with van der Waals surface area (Å²) in [5, 5.41) is 14.9. The molecule has 0 bridgehead atoms. The molecule has 2 aromatic rings. The first kappa shape index (κ1) is 18.5. The number of carboxylic acids is 1. The molecule has 0 aliphatic carbocycles. The smallest absolute Gasteiger partial charge is 0.321 e. The maximum absolute atomic E-state index is 12.1. The minimum Gasteiger partial charge on any atom is -0.495 e. The van der Waals surface area contributed by atoms with Gasteiger partial charge in [0.2, 0.25) is 5.91 Å². The molecule has 0 saturated carbocycles. The van der Waals surface area contributed by atoms with Gasteiger partial charge in [0.05, 0.1) is 25.5 Å². The Morgan fingerprint density at radius 3 is 2.84 bits per heavy atom. The van der Waals surface area contributed by atoms with Gasteiger partial charge in [-0.1, -0.05) is 12.1 Å². The van der Waals surface area contributed by atoms with Gasteiger partial charge in [-0.15, -0.1) is 0 Å². The number of aryl methyl sites for hydroxylation is 1. The van der Waals surface area contributed by atoms with Crippen LogP contribution in [0, 0.1) is 0 Å². The second kappa shape index (κ2) is 9.43. The number of imidazole rings is 1. The monoisotopic (exact) mass is 346 g/mol. The van der Waals surface area contributed by atoms with Crippen LogP contribution >= 0.6 is 0 Å². The van der Waals surface area contributed by atoms with Crippen molar-refractivity contribution in [1.29, 1.82) is 0 Å². The number of aliphatic carboxylic acids is 1. The fraction of sp³-hybridized carbons (Fsp3) is 0.353. The van der Waals surface area contributed by atoms with Crippen LogP contribution in [0.1, 0.15) is 12.8 Å². The molecule has 1 aromatic carbocycles. The van der Waals surface area contributed by atoms with Gasteiger partial charge < -0.3 is 25.0 Å². The quantitative estimate of drug-likeness (QED) is 0.561. The highest BCUT2D eigenvalue weighted by Gasteiger charge is 2.21. The van der Waals surface area contributed by atoms with Crippen LogP contribution in [0.2, 0.25) is 0 Å². The van der Waals surface area contributed by atoms with E-state index in [9.17, 15) is 14.7 Å². The molecule has 0 aliphatic heterocycles. The number of nitrogens with zero attached hydrogens (tertiary/aromatic N) is 2. The Bertz CT molecular complexity index is 688. The summed E-state index contributed by atoms with van der Waals surface area (Å²) < 4.78 is 7.07. The summed E-state index contributed by atoms with van der Waals surface area (Å²) >= 11 is 0. The number of ether oxygens (including phenoxy) is 1. The van der Waals surface area contributed by atoms with Crippen molar-refractivity contribution in [2.75, 3.05) is 19.0 Å². The number of rotatable bonds is 10. The van der Waals surface area contributed by atoms with Crippen molar-refractivity contribution in [2.24, 2.45) is 0 Å². The number of hydrogen-bond donors (Lipinski definition) is 3. The van der Waals surface area contributed by atoms with E-state index in [1.807, 2.05) is 10.8 Å². The third-order valence-electron chi connectivity index (χ3n) is 3.61. The van der Waals surface area contributed by atoms with E-state index in [-0.39, 0.29) is 12.3 Å². The Morgan fingerprint density at radius 1 is 1.36 bits per heavy atom. The average molecular weight is 346 g/mol. The molecule has 2 rings (SSSR count). The molecule has 8 heteroatoms. The van der Waals surface area contributed by atoms with Gasteiger partial charge in [0.1, 0.15) is 11.8 Å². The van der Waals surface area contributed by atoms with Crippen molar-refractivity contribution in [3.63, 3.8) is 0 Å². The molecule has 0 radical (unpaired) electrons. The average Bonchev–Trinajstić information content (AvgIpc) is 3.11. The number of carbonyl (C=O) groups excluding carboxylic acids is 1. The molecule has 8 nitrogen and oxygen atoms in total. The van der Waals surface area contributed by atoms with Crippen LogP contribution in [0.4, 0.5) is 5.69 Å². The van der Waals surface area contributed by atoms with E-state index in [1.54, 1.807) is 36.8 Å². The molecular weight excluding hydrogens is 324 g/mol. The zero-order valence-corrected chi connectivity index (χ0v) is 14.0. The van der Waals surface area contributed by atoms with Gasteiger partial charge in [0.25, 0.3) is 0 Å². The van der Waals surface area contributed by atoms with Crippen LogP contribution in [0.3, 0.4) is 0 Å². The first-order valence-corrected chi connectivity index (χ1v) is 7.95. The Morgan fingerprint density at radius 2 is 2.16 bits per heavy atom. The predicted molar refractivity (Wildman–Crippen MR) is 92.5 cm³/mol. The third-order valence-corrected chi connectivity index (χ3v) is 3.61. The summed E-state index contributed by atoms with van der Waals surface area (Å²) in [5.41, 5.74) is 0.513. The number of methoxy groups -OCH3 is 1. The highest BCUT2D eigenvalue weighted by Crippen LogP contribution is 2.23. The van der Waals surface area contributed by atoms with Crippen molar-refractivity contribution in [3.05, 3.63) is 43.0 Å². The largest absolute Gasteiger partial charge is 0.495 e. The number of nitrogens with one attached hydrogen (secondary N) is 2. The molecule has 1 amide bonds. The summed E-state index contributed by atoms with van der Waals surface area (Å²) in [6.07, 6.45) is 5.80. The van der Waals surface area contributed by atoms with Crippen molar-refractivity contribution in [2.45, 2.75) is 25.4 Å². The lowest BCUT2D eigenvalue weighted by atomic mass is 10.2. The number of hydrogen-bond acceptors (Lipinski definition) is 5. The topological polar surface area (TPSA) is 105 Å². The van der Waals surface area contributed by atoms with Crippen LogP contribution in [0.15, 0.2) is 43.0 Å². The van der Waals surface area contributed by atoms with Gasteiger partial charge in [0, 0.05) is 18.9 Å². The van der Waals surface area contributed by atoms with Crippen LogP contribution in [-0.4, -0.2) is 46.2 Å². The zero-order valence-electron chi connectivity index (χ0n) is 14.0. The molecule has 0 aliphatic rings. The Hall–Kier alpha value is -2.87. The minimum absolute atomic E-state index is 0.168. The predicted octanol–water partition coefficient (Wildman–Crippen LogP) is 1.35. The maximum atomic E-state index is 12.1. The number of carboxylic acid groups (broad SMARTS) is 1. The number of para-hydroxylation sites is 2. The van der Waals surface area contributed by atoms with E-state index in [0.29, 0.717) is 18.0 Å². The van der Waals surface area contributed by atoms with Crippen molar-refractivity contribution < 1.29 is 19.4 Å². The van der Waals surface area contributed by atoms with Crippen LogP contribution in [0.25, 0.3) is 0 Å². The van der Waals surface area contributed by atoms with Crippen molar-refractivity contribution >= 4 is 17.6 Å². The molecule has 3 N–H and O–H groups in total. The molecule has 0 saturated heterocycles. The van der Waals surface area contributed by atoms with Gasteiger partial charge >= 0.3 is 5.97 Å². The Kier molecular flexibility index (Phi) is 6.97. The molecule has 25 heavy (non-hydrogen) atoms. The van der Waals surface area contributed by atoms with Crippen LogP contribution in [-0.2, 0) is 16.1 Å². The maximum Gasteiger partial charge on any atom is 0.321 e.